The van der Waals surface area contributed by atoms with E-state index >= 15 is 0 Å². The number of hydrogen-bond donors (Lipinski definition) is 3. The summed E-state index contributed by atoms with van der Waals surface area (Å²) in [4.78, 5) is 26.1. The highest BCUT2D eigenvalue weighted by Crippen LogP contribution is 2.17. The molecule has 0 aliphatic carbocycles. The molecule has 60 heavy (non-hydrogen) atoms. The minimum Gasteiger partial charge on any atom is -0.462 e. The third kappa shape index (κ3) is 42.0. The van der Waals surface area contributed by atoms with Crippen LogP contribution >= 0.6 is 0 Å². The number of esters is 1. The number of carbonyl (C=O) groups excluding carboxylic acids is 2. The minimum absolute atomic E-state index is 0.0328. The summed E-state index contributed by atoms with van der Waals surface area (Å²) in [5.74, 6) is -0.545. The number of nitrogens with one attached hydrogen (secondary N) is 1. The molecule has 0 spiro atoms. The number of rotatable bonds is 44. The molecular weight excluding hydrogens is 743 g/mol. The van der Waals surface area contributed by atoms with Gasteiger partial charge in [0.2, 0.25) is 5.91 Å². The maximum Gasteiger partial charge on any atom is 0.306 e. The highest BCUT2D eigenvalue weighted by molar-refractivity contribution is 5.77. The van der Waals surface area contributed by atoms with E-state index in [1.54, 1.807) is 0 Å². The van der Waals surface area contributed by atoms with E-state index in [2.05, 4.69) is 99.0 Å². The van der Waals surface area contributed by atoms with Gasteiger partial charge < -0.3 is 20.3 Å². The second kappa shape index (κ2) is 47.4. The van der Waals surface area contributed by atoms with Gasteiger partial charge in [-0.3, -0.25) is 9.59 Å². The number of carbonyl (C=O) groups is 2. The number of aliphatic hydroxyl groups excluding tert-OH is 2. The van der Waals surface area contributed by atoms with Gasteiger partial charge in [0.15, 0.2) is 0 Å². The maximum absolute atomic E-state index is 13.2. The molecule has 1 amide bonds. The Morgan fingerprint density at radius 2 is 0.950 bits per heavy atom. The standard InChI is InChI=1S/C54H95NO5/c1-4-7-10-13-16-19-22-24-26-27-28-29-31-33-36-39-42-45-50(60-54(59)47-44-41-38-35-21-18-15-12-9-6-3)48-53(58)55-51(49-56)52(57)46-43-40-37-34-32-30-25-23-20-17-14-11-8-5-2/h7,10,12,15-16,19,24,26,28-29,33,36,50-52,56-57H,4-6,8-9,11,13-14,17-18,20-23,25,27,30-32,34-35,37-49H2,1-3H3,(H,55,58)/b10-7-,15-12-,19-16-,26-24-,29-28-,36-33-. The Labute approximate surface area is 371 Å². The van der Waals surface area contributed by atoms with Crippen LogP contribution in [0.2, 0.25) is 0 Å². The van der Waals surface area contributed by atoms with Crippen LogP contribution in [0, 0.1) is 0 Å². The number of aliphatic hydroxyl groups is 2. The van der Waals surface area contributed by atoms with Crippen molar-refractivity contribution < 1.29 is 24.5 Å². The van der Waals surface area contributed by atoms with Crippen molar-refractivity contribution in [3.63, 3.8) is 0 Å². The first-order valence-corrected chi connectivity index (χ1v) is 25.2. The lowest BCUT2D eigenvalue weighted by atomic mass is 10.0. The molecule has 346 valence electrons. The highest BCUT2D eigenvalue weighted by atomic mass is 16.5. The monoisotopic (exact) mass is 838 g/mol. The molecule has 0 aromatic carbocycles. The third-order valence-corrected chi connectivity index (χ3v) is 11.0. The Morgan fingerprint density at radius 3 is 1.48 bits per heavy atom. The molecule has 0 aromatic heterocycles. The Bertz CT molecular complexity index is 1120. The van der Waals surface area contributed by atoms with Crippen molar-refractivity contribution in [2.75, 3.05) is 6.61 Å². The van der Waals surface area contributed by atoms with Crippen molar-refractivity contribution in [1.82, 2.24) is 5.32 Å². The van der Waals surface area contributed by atoms with Gasteiger partial charge in [0.1, 0.15) is 6.10 Å². The van der Waals surface area contributed by atoms with Crippen molar-refractivity contribution >= 4 is 11.9 Å². The number of ether oxygens (including phenoxy) is 1. The fourth-order valence-electron chi connectivity index (χ4n) is 7.23. The predicted molar refractivity (Wildman–Crippen MR) is 259 cm³/mol. The van der Waals surface area contributed by atoms with Gasteiger partial charge in [0.25, 0.3) is 0 Å². The Morgan fingerprint density at radius 1 is 0.500 bits per heavy atom. The largest absolute Gasteiger partial charge is 0.462 e. The van der Waals surface area contributed by atoms with Crippen molar-refractivity contribution in [3.8, 4) is 0 Å². The van der Waals surface area contributed by atoms with Crippen molar-refractivity contribution in [2.45, 2.75) is 251 Å². The molecule has 0 aromatic rings. The van der Waals surface area contributed by atoms with Crippen LogP contribution in [0.5, 0.6) is 0 Å². The Kier molecular flexibility index (Phi) is 45.2. The van der Waals surface area contributed by atoms with Crippen LogP contribution in [0.25, 0.3) is 0 Å². The lowest BCUT2D eigenvalue weighted by Gasteiger charge is -2.24. The van der Waals surface area contributed by atoms with Crippen LogP contribution in [-0.2, 0) is 14.3 Å². The van der Waals surface area contributed by atoms with Gasteiger partial charge in [-0.2, -0.15) is 0 Å². The zero-order valence-electron chi connectivity index (χ0n) is 39.3. The van der Waals surface area contributed by atoms with Crippen LogP contribution in [0.4, 0.5) is 0 Å². The fourth-order valence-corrected chi connectivity index (χ4v) is 7.23. The Hall–Kier alpha value is -2.70. The molecule has 0 bridgehead atoms. The lowest BCUT2D eigenvalue weighted by molar-refractivity contribution is -0.151. The van der Waals surface area contributed by atoms with Gasteiger partial charge in [0, 0.05) is 6.42 Å². The summed E-state index contributed by atoms with van der Waals surface area (Å²) in [5, 5.41) is 23.7. The highest BCUT2D eigenvalue weighted by Gasteiger charge is 2.24. The SMILES string of the molecule is CC/C=C\C/C=C\C/C=C\C/C=C\C/C=C\CCCC(CC(=O)NC(CO)C(O)CCCCCCCCCCCCCCCC)OC(=O)CCCCCCC/C=C\CCC. The topological polar surface area (TPSA) is 95.9 Å². The quantitative estimate of drug-likeness (QED) is 0.0323. The summed E-state index contributed by atoms with van der Waals surface area (Å²) in [5.41, 5.74) is 0. The molecule has 3 atom stereocenters. The zero-order valence-corrected chi connectivity index (χ0v) is 39.3. The summed E-state index contributed by atoms with van der Waals surface area (Å²) in [6, 6.07) is -0.723. The van der Waals surface area contributed by atoms with E-state index in [1.165, 1.54) is 89.9 Å². The van der Waals surface area contributed by atoms with Gasteiger partial charge in [0.05, 0.1) is 25.2 Å². The molecule has 0 saturated heterocycles. The smallest absolute Gasteiger partial charge is 0.306 e. The van der Waals surface area contributed by atoms with E-state index in [1.807, 2.05) is 0 Å². The molecule has 3 unspecified atom stereocenters. The molecule has 0 fully saturated rings. The molecule has 0 radical (unpaired) electrons. The van der Waals surface area contributed by atoms with Crippen LogP contribution in [0.1, 0.15) is 233 Å². The summed E-state index contributed by atoms with van der Waals surface area (Å²) >= 11 is 0. The number of hydrogen-bond acceptors (Lipinski definition) is 5. The van der Waals surface area contributed by atoms with Crippen LogP contribution in [-0.4, -0.2) is 46.9 Å². The van der Waals surface area contributed by atoms with E-state index in [0.717, 1.165) is 96.3 Å². The summed E-state index contributed by atoms with van der Waals surface area (Å²) in [7, 11) is 0. The number of allylic oxidation sites excluding steroid dienone is 12. The second-order valence-electron chi connectivity index (χ2n) is 16.8. The van der Waals surface area contributed by atoms with Gasteiger partial charge >= 0.3 is 5.97 Å². The first kappa shape index (κ1) is 57.3. The fraction of sp³-hybridized carbons (Fsp3) is 0.741. The normalized spacial score (nSPS) is 13.9. The summed E-state index contributed by atoms with van der Waals surface area (Å²) in [6.07, 6.45) is 59.7. The second-order valence-corrected chi connectivity index (χ2v) is 16.8. The molecule has 0 aliphatic rings. The molecule has 0 rings (SSSR count). The van der Waals surface area contributed by atoms with Crippen molar-refractivity contribution in [1.29, 1.82) is 0 Å². The van der Waals surface area contributed by atoms with Crippen molar-refractivity contribution in [3.05, 3.63) is 72.9 Å². The maximum atomic E-state index is 13.2. The molecule has 6 heteroatoms. The first-order chi connectivity index (χ1) is 29.5. The molecular formula is C54H95NO5. The van der Waals surface area contributed by atoms with Crippen LogP contribution in [0.15, 0.2) is 72.9 Å². The predicted octanol–water partition coefficient (Wildman–Crippen LogP) is 15.0. The number of unbranched alkanes of at least 4 members (excludes halogenated alkanes) is 20. The van der Waals surface area contributed by atoms with Crippen LogP contribution < -0.4 is 5.32 Å². The lowest BCUT2D eigenvalue weighted by Crippen LogP contribution is -2.46. The van der Waals surface area contributed by atoms with Gasteiger partial charge in [-0.05, 0) is 83.5 Å². The first-order valence-electron chi connectivity index (χ1n) is 25.2. The zero-order chi connectivity index (χ0) is 43.8. The average molecular weight is 838 g/mol. The van der Waals surface area contributed by atoms with E-state index in [4.69, 9.17) is 4.74 Å². The van der Waals surface area contributed by atoms with Gasteiger partial charge in [-0.25, -0.2) is 0 Å². The van der Waals surface area contributed by atoms with E-state index in [9.17, 15) is 19.8 Å². The van der Waals surface area contributed by atoms with E-state index in [-0.39, 0.29) is 24.9 Å². The van der Waals surface area contributed by atoms with Gasteiger partial charge in [-0.1, -0.05) is 209 Å². The van der Waals surface area contributed by atoms with Crippen molar-refractivity contribution in [2.24, 2.45) is 0 Å². The van der Waals surface area contributed by atoms with Gasteiger partial charge in [-0.15, -0.1) is 0 Å². The molecule has 0 aliphatic heterocycles. The minimum atomic E-state index is -0.806. The summed E-state index contributed by atoms with van der Waals surface area (Å²) in [6.45, 7) is 6.29. The van der Waals surface area contributed by atoms with E-state index < -0.39 is 18.2 Å². The average Bonchev–Trinajstić information content (AvgIpc) is 3.24. The molecule has 6 nitrogen and oxygen atoms in total. The molecule has 0 heterocycles. The van der Waals surface area contributed by atoms with E-state index in [0.29, 0.717) is 19.3 Å². The van der Waals surface area contributed by atoms with Crippen LogP contribution in [0.3, 0.4) is 0 Å². The summed E-state index contributed by atoms with van der Waals surface area (Å²) < 4.78 is 5.88. The molecule has 0 saturated carbocycles. The third-order valence-electron chi connectivity index (χ3n) is 11.0. The molecule has 3 N–H and O–H groups in total. The number of amides is 1. The Balaban J connectivity index is 4.68.